The Bertz CT molecular complexity index is 660. The Morgan fingerprint density at radius 2 is 2.15 bits per heavy atom. The van der Waals surface area contributed by atoms with Gasteiger partial charge in [-0.25, -0.2) is 4.68 Å². The fraction of sp³-hybridized carbons (Fsp3) is 0.333. The number of rotatable bonds is 2. The maximum absolute atomic E-state index is 9.33. The highest BCUT2D eigenvalue weighted by molar-refractivity contribution is 5.57. The van der Waals surface area contributed by atoms with Gasteiger partial charge in [0, 0.05) is 6.61 Å². The molecule has 5 nitrogen and oxygen atoms in total. The van der Waals surface area contributed by atoms with Crippen molar-refractivity contribution in [3.05, 3.63) is 41.1 Å². The van der Waals surface area contributed by atoms with Crippen LogP contribution in [-0.4, -0.2) is 16.4 Å². The molecule has 3 rings (SSSR count). The third-order valence-electron chi connectivity index (χ3n) is 3.57. The number of nitrogens with two attached hydrogens (primary N) is 1. The van der Waals surface area contributed by atoms with E-state index in [4.69, 9.17) is 10.5 Å². The molecule has 0 amide bonds. The van der Waals surface area contributed by atoms with E-state index in [0.717, 1.165) is 18.5 Å². The Hall–Kier alpha value is -2.32. The molecule has 5 heteroatoms. The van der Waals surface area contributed by atoms with Crippen LogP contribution in [0, 0.1) is 18.3 Å². The van der Waals surface area contributed by atoms with E-state index in [0.29, 0.717) is 23.7 Å². The molecule has 2 aromatic rings. The molecule has 0 spiro atoms. The zero-order valence-corrected chi connectivity index (χ0v) is 11.3. The molecule has 1 aromatic heterocycles. The zero-order valence-electron chi connectivity index (χ0n) is 11.3. The van der Waals surface area contributed by atoms with Gasteiger partial charge in [-0.15, -0.1) is 0 Å². The van der Waals surface area contributed by atoms with Gasteiger partial charge in [0.2, 0.25) is 0 Å². The van der Waals surface area contributed by atoms with Crippen LogP contribution in [0.25, 0.3) is 5.69 Å². The summed E-state index contributed by atoms with van der Waals surface area (Å²) >= 11 is 0. The number of anilines is 1. The van der Waals surface area contributed by atoms with E-state index in [9.17, 15) is 5.26 Å². The molecule has 1 atom stereocenters. The van der Waals surface area contributed by atoms with E-state index in [2.05, 4.69) is 11.2 Å². The number of hydrogen-bond donors (Lipinski definition) is 1. The molecule has 0 unspecified atom stereocenters. The molecule has 1 fully saturated rings. The lowest BCUT2D eigenvalue weighted by molar-refractivity contribution is 0.108. The second-order valence-electron chi connectivity index (χ2n) is 5.01. The fourth-order valence-electron chi connectivity index (χ4n) is 2.46. The first-order valence-electron chi connectivity index (χ1n) is 6.68. The lowest BCUT2D eigenvalue weighted by atomic mass is 10.1. The van der Waals surface area contributed by atoms with Gasteiger partial charge in [0.1, 0.15) is 29.2 Å². The molecule has 0 saturated carbocycles. The van der Waals surface area contributed by atoms with Crippen molar-refractivity contribution in [1.29, 1.82) is 5.26 Å². The van der Waals surface area contributed by atoms with Crippen molar-refractivity contribution in [2.75, 3.05) is 12.3 Å². The van der Waals surface area contributed by atoms with Gasteiger partial charge in [-0.1, -0.05) is 17.7 Å². The largest absolute Gasteiger partial charge is 0.382 e. The second-order valence-corrected chi connectivity index (χ2v) is 5.01. The third-order valence-corrected chi connectivity index (χ3v) is 3.57. The number of nitrogens with zero attached hydrogens (tertiary/aromatic N) is 3. The lowest BCUT2D eigenvalue weighted by Crippen LogP contribution is -2.03. The van der Waals surface area contributed by atoms with Gasteiger partial charge in [0.05, 0.1) is 5.69 Å². The zero-order chi connectivity index (χ0) is 14.1. The predicted octanol–water partition coefficient (Wildman–Crippen LogP) is 2.49. The van der Waals surface area contributed by atoms with Gasteiger partial charge < -0.3 is 10.5 Å². The van der Waals surface area contributed by atoms with Gasteiger partial charge in [0.15, 0.2) is 0 Å². The Labute approximate surface area is 117 Å². The van der Waals surface area contributed by atoms with Gasteiger partial charge in [-0.2, -0.15) is 10.4 Å². The average Bonchev–Trinajstić information content (AvgIpc) is 3.07. The summed E-state index contributed by atoms with van der Waals surface area (Å²) in [6.07, 6.45) is 1.77. The van der Waals surface area contributed by atoms with Crippen LogP contribution < -0.4 is 5.73 Å². The van der Waals surface area contributed by atoms with Crippen LogP contribution in [0.3, 0.4) is 0 Å². The van der Waals surface area contributed by atoms with Crippen molar-refractivity contribution in [1.82, 2.24) is 9.78 Å². The fourth-order valence-corrected chi connectivity index (χ4v) is 2.46. The normalized spacial score (nSPS) is 18.1. The van der Waals surface area contributed by atoms with Crippen LogP contribution in [0.5, 0.6) is 0 Å². The number of aromatic nitrogens is 2. The highest BCUT2D eigenvalue weighted by Crippen LogP contribution is 2.33. The van der Waals surface area contributed by atoms with Crippen molar-refractivity contribution in [3.63, 3.8) is 0 Å². The monoisotopic (exact) mass is 268 g/mol. The van der Waals surface area contributed by atoms with E-state index < -0.39 is 0 Å². The molecule has 20 heavy (non-hydrogen) atoms. The molecule has 1 aliphatic rings. The summed E-state index contributed by atoms with van der Waals surface area (Å²) in [5, 5.41) is 13.8. The standard InChI is InChI=1S/C15H16N4O/c1-10-4-6-11(7-5-10)19-15(17)12(9-16)14(18-19)13-3-2-8-20-13/h4-7,13H,2-3,8,17H2,1H3/t13-/m1/s1. The number of aryl methyl sites for hydroxylation is 1. The number of hydrogen-bond acceptors (Lipinski definition) is 4. The van der Waals surface area contributed by atoms with Gasteiger partial charge in [0.25, 0.3) is 0 Å². The number of nitrogen functional groups attached to an aromatic ring is 1. The molecule has 0 radical (unpaired) electrons. The molecule has 1 aliphatic heterocycles. The molecular formula is C15H16N4O. The minimum atomic E-state index is -0.112. The summed E-state index contributed by atoms with van der Waals surface area (Å²) in [7, 11) is 0. The molecule has 2 N–H and O–H groups in total. The maximum atomic E-state index is 9.33. The van der Waals surface area contributed by atoms with Crippen molar-refractivity contribution >= 4 is 5.82 Å². The Balaban J connectivity index is 2.08. The van der Waals surface area contributed by atoms with E-state index in [1.807, 2.05) is 31.2 Å². The molecule has 1 aromatic carbocycles. The summed E-state index contributed by atoms with van der Waals surface area (Å²) in [6, 6.07) is 10.0. The molecule has 1 saturated heterocycles. The molecule has 0 bridgehead atoms. The van der Waals surface area contributed by atoms with E-state index in [-0.39, 0.29) is 6.10 Å². The summed E-state index contributed by atoms with van der Waals surface area (Å²) in [5.74, 6) is 0.377. The summed E-state index contributed by atoms with van der Waals surface area (Å²) in [4.78, 5) is 0. The smallest absolute Gasteiger partial charge is 0.145 e. The minimum absolute atomic E-state index is 0.112. The number of nitriles is 1. The summed E-state index contributed by atoms with van der Waals surface area (Å²) in [6.45, 7) is 2.74. The Kier molecular flexibility index (Phi) is 3.17. The first kappa shape index (κ1) is 12.7. The highest BCUT2D eigenvalue weighted by Gasteiger charge is 2.27. The predicted molar refractivity (Wildman–Crippen MR) is 75.4 cm³/mol. The Morgan fingerprint density at radius 3 is 2.75 bits per heavy atom. The topological polar surface area (TPSA) is 76.9 Å². The first-order valence-corrected chi connectivity index (χ1v) is 6.68. The van der Waals surface area contributed by atoms with E-state index in [1.54, 1.807) is 4.68 Å². The highest BCUT2D eigenvalue weighted by atomic mass is 16.5. The number of ether oxygens (including phenoxy) is 1. The third kappa shape index (κ3) is 2.04. The van der Waals surface area contributed by atoms with Crippen molar-refractivity contribution < 1.29 is 4.74 Å². The van der Waals surface area contributed by atoms with Crippen LogP contribution in [0.4, 0.5) is 5.82 Å². The Morgan fingerprint density at radius 1 is 1.40 bits per heavy atom. The molecule has 2 heterocycles. The quantitative estimate of drug-likeness (QED) is 0.907. The lowest BCUT2D eigenvalue weighted by Gasteiger charge is -2.05. The van der Waals surface area contributed by atoms with Gasteiger partial charge >= 0.3 is 0 Å². The second kappa shape index (κ2) is 4.99. The van der Waals surface area contributed by atoms with Crippen molar-refractivity contribution in [2.24, 2.45) is 0 Å². The van der Waals surface area contributed by atoms with Gasteiger partial charge in [-0.05, 0) is 31.9 Å². The molecular weight excluding hydrogens is 252 g/mol. The van der Waals surface area contributed by atoms with Crippen LogP contribution in [0.2, 0.25) is 0 Å². The van der Waals surface area contributed by atoms with E-state index >= 15 is 0 Å². The van der Waals surface area contributed by atoms with Crippen molar-refractivity contribution in [2.45, 2.75) is 25.9 Å². The minimum Gasteiger partial charge on any atom is -0.382 e. The maximum Gasteiger partial charge on any atom is 0.145 e. The molecule has 0 aliphatic carbocycles. The molecule has 102 valence electrons. The summed E-state index contributed by atoms with van der Waals surface area (Å²) < 4.78 is 7.24. The van der Waals surface area contributed by atoms with Crippen molar-refractivity contribution in [3.8, 4) is 11.8 Å². The van der Waals surface area contributed by atoms with Crippen LogP contribution in [0.1, 0.15) is 35.8 Å². The SMILES string of the molecule is Cc1ccc(-n2nc([C@H]3CCCO3)c(C#N)c2N)cc1. The number of benzene rings is 1. The first-order chi connectivity index (χ1) is 9.70. The van der Waals surface area contributed by atoms with E-state index in [1.165, 1.54) is 5.56 Å². The van der Waals surface area contributed by atoms with Gasteiger partial charge in [-0.3, -0.25) is 0 Å². The van der Waals surface area contributed by atoms with Crippen LogP contribution >= 0.6 is 0 Å². The average molecular weight is 268 g/mol. The summed E-state index contributed by atoms with van der Waals surface area (Å²) in [5.41, 5.74) is 9.18. The van der Waals surface area contributed by atoms with Crippen LogP contribution in [-0.2, 0) is 4.74 Å². The van der Waals surface area contributed by atoms with Crippen LogP contribution in [0.15, 0.2) is 24.3 Å².